The molecule has 0 atom stereocenters. The van der Waals surface area contributed by atoms with Gasteiger partial charge in [-0.3, -0.25) is 9.89 Å². The van der Waals surface area contributed by atoms with Crippen LogP contribution in [0.15, 0.2) is 0 Å². The van der Waals surface area contributed by atoms with E-state index in [1.165, 1.54) is 76.5 Å². The highest BCUT2D eigenvalue weighted by atomic mass is 16.6. The summed E-state index contributed by atoms with van der Waals surface area (Å²) < 4.78 is 2.30. The molecule has 0 aromatic heterocycles. The van der Waals surface area contributed by atoms with Crippen LogP contribution in [0.3, 0.4) is 0 Å². The molecule has 0 unspecified atom stereocenters. The third kappa shape index (κ3) is 15.9. The van der Waals surface area contributed by atoms with E-state index >= 15 is 0 Å². The van der Waals surface area contributed by atoms with Gasteiger partial charge < -0.3 is 20.1 Å². The molecule has 0 bridgehead atoms. The molecule has 6 heteroatoms. The summed E-state index contributed by atoms with van der Waals surface area (Å²) in [7, 11) is 0. The second-order valence-corrected chi connectivity index (χ2v) is 6.64. The fraction of sp³-hybridized carbons (Fsp3) is 0.895. The standard InChI is InChI=1S/C18H36N2O.CH2O3/c1-2-3-4-5-6-7-8-9-10-11-12-13-18-19-14-15-20(18)16-17-21;2-1(3)4/h21H,2-17H2,1H3;(H2,2,3,4). The Balaban J connectivity index is 0.00000129. The van der Waals surface area contributed by atoms with E-state index in [1.807, 2.05) is 0 Å². The summed E-state index contributed by atoms with van der Waals surface area (Å²) in [5.74, 6) is 1.36. The van der Waals surface area contributed by atoms with Crippen LogP contribution < -0.4 is 10.4 Å². The molecule has 1 rings (SSSR count). The van der Waals surface area contributed by atoms with Crippen molar-refractivity contribution in [3.05, 3.63) is 0 Å². The van der Waals surface area contributed by atoms with Crippen LogP contribution in [0.1, 0.15) is 84.0 Å². The first-order chi connectivity index (χ1) is 12.1. The minimum Gasteiger partial charge on any atom is -0.565 e. The number of aliphatic hydroxyl groups excluding tert-OH is 1. The van der Waals surface area contributed by atoms with Crippen molar-refractivity contribution in [2.75, 3.05) is 26.2 Å². The Labute approximate surface area is 153 Å². The van der Waals surface area contributed by atoms with Crippen molar-refractivity contribution in [1.82, 2.24) is 5.32 Å². The molecule has 0 spiro atoms. The van der Waals surface area contributed by atoms with Crippen molar-refractivity contribution in [1.29, 1.82) is 0 Å². The minimum absolute atomic E-state index is 0.267. The van der Waals surface area contributed by atoms with Gasteiger partial charge in [-0.1, -0.05) is 71.1 Å². The zero-order valence-corrected chi connectivity index (χ0v) is 16.0. The maximum Gasteiger partial charge on any atom is 0.249 e. The Morgan fingerprint density at radius 2 is 1.52 bits per heavy atom. The molecule has 0 aliphatic carbocycles. The van der Waals surface area contributed by atoms with E-state index < -0.39 is 6.16 Å². The second kappa shape index (κ2) is 17.5. The molecule has 0 aromatic rings. The third-order valence-corrected chi connectivity index (χ3v) is 4.48. The normalized spacial score (nSPS) is 13.4. The Morgan fingerprint density at radius 1 is 1.04 bits per heavy atom. The predicted molar refractivity (Wildman–Crippen MR) is 99.2 cm³/mol. The number of amidine groups is 1. The van der Waals surface area contributed by atoms with Gasteiger partial charge in [0.05, 0.1) is 6.61 Å². The van der Waals surface area contributed by atoms with Crippen molar-refractivity contribution in [3.63, 3.8) is 0 Å². The van der Waals surface area contributed by atoms with Crippen molar-refractivity contribution < 1.29 is 24.7 Å². The molecule has 0 fully saturated rings. The van der Waals surface area contributed by atoms with E-state index in [4.69, 9.17) is 20.1 Å². The number of β-amino-alcohol motifs (C(OH)–C–C–N with tert-alkyl or cyclic N) is 1. The number of nitrogens with zero attached hydrogens (tertiary/aromatic N) is 1. The molecular weight excluding hydrogens is 320 g/mol. The monoisotopic (exact) mass is 358 g/mol. The van der Waals surface area contributed by atoms with Crippen LogP contribution in [0.25, 0.3) is 0 Å². The number of carbonyl (C=O) groups is 1. The van der Waals surface area contributed by atoms with Crippen LogP contribution in [0.5, 0.6) is 0 Å². The number of hydrogen-bond acceptors (Lipinski definition) is 4. The lowest BCUT2D eigenvalue weighted by molar-refractivity contribution is -0.521. The summed E-state index contributed by atoms with van der Waals surface area (Å²) in [6.07, 6.45) is 14.5. The summed E-state index contributed by atoms with van der Waals surface area (Å²) in [4.78, 5) is 8.44. The Bertz CT molecular complexity index is 355. The van der Waals surface area contributed by atoms with Crippen molar-refractivity contribution in [2.24, 2.45) is 0 Å². The molecule has 0 saturated heterocycles. The summed E-state index contributed by atoms with van der Waals surface area (Å²) in [5.41, 5.74) is 0. The minimum atomic E-state index is -2.08. The summed E-state index contributed by atoms with van der Waals surface area (Å²) in [6.45, 7) is 5.45. The number of aliphatic hydroxyl groups is 1. The van der Waals surface area contributed by atoms with Crippen LogP contribution >= 0.6 is 0 Å². The van der Waals surface area contributed by atoms with Gasteiger partial charge in [0.1, 0.15) is 19.6 Å². The SMILES string of the molecule is CCCCCCCCCCCCCC1=[N+](CCO)CCN1.O=C([O-])O. The first kappa shape index (κ1) is 23.7. The molecule has 25 heavy (non-hydrogen) atoms. The van der Waals surface area contributed by atoms with Gasteiger partial charge in [-0.25, -0.2) is 0 Å². The van der Waals surface area contributed by atoms with E-state index in [0.29, 0.717) is 0 Å². The molecule has 148 valence electrons. The molecular formula is C19H38N2O4. The lowest BCUT2D eigenvalue weighted by Gasteiger charge is -2.03. The summed E-state index contributed by atoms with van der Waals surface area (Å²) in [5, 5.41) is 27.8. The summed E-state index contributed by atoms with van der Waals surface area (Å²) in [6, 6.07) is 0. The zero-order chi connectivity index (χ0) is 18.8. The Morgan fingerprint density at radius 3 is 2.00 bits per heavy atom. The van der Waals surface area contributed by atoms with Gasteiger partial charge in [-0.05, 0) is 6.42 Å². The average molecular weight is 359 g/mol. The van der Waals surface area contributed by atoms with Crippen molar-refractivity contribution in [2.45, 2.75) is 84.0 Å². The van der Waals surface area contributed by atoms with Crippen LogP contribution in [-0.2, 0) is 0 Å². The topological polar surface area (TPSA) is 95.6 Å². The Kier molecular flexibility index (Phi) is 16.6. The lowest BCUT2D eigenvalue weighted by atomic mass is 10.1. The fourth-order valence-electron chi connectivity index (χ4n) is 3.15. The highest BCUT2D eigenvalue weighted by Gasteiger charge is 2.19. The molecule has 1 aliphatic rings. The van der Waals surface area contributed by atoms with Gasteiger partial charge in [0, 0.05) is 6.42 Å². The van der Waals surface area contributed by atoms with E-state index in [-0.39, 0.29) is 6.61 Å². The molecule has 6 nitrogen and oxygen atoms in total. The fourth-order valence-corrected chi connectivity index (χ4v) is 3.15. The van der Waals surface area contributed by atoms with Crippen LogP contribution in [-0.4, -0.2) is 53.0 Å². The smallest absolute Gasteiger partial charge is 0.249 e. The maximum absolute atomic E-state index is 9.02. The third-order valence-electron chi connectivity index (χ3n) is 4.48. The van der Waals surface area contributed by atoms with E-state index in [9.17, 15) is 0 Å². The quantitative estimate of drug-likeness (QED) is 0.328. The van der Waals surface area contributed by atoms with Gasteiger partial charge >= 0.3 is 0 Å². The molecule has 3 N–H and O–H groups in total. The maximum atomic E-state index is 9.02. The van der Waals surface area contributed by atoms with Crippen LogP contribution in [0.4, 0.5) is 4.79 Å². The van der Waals surface area contributed by atoms with Crippen molar-refractivity contribution in [3.8, 4) is 0 Å². The highest BCUT2D eigenvalue weighted by Crippen LogP contribution is 2.12. The predicted octanol–water partition coefficient (Wildman–Crippen LogP) is 2.58. The van der Waals surface area contributed by atoms with Crippen LogP contribution in [0, 0.1) is 0 Å². The van der Waals surface area contributed by atoms with E-state index in [0.717, 1.165) is 26.1 Å². The lowest BCUT2D eigenvalue weighted by Crippen LogP contribution is -2.24. The molecule has 1 aliphatic heterocycles. The molecule has 0 amide bonds. The average Bonchev–Trinajstić information content (AvgIpc) is 3.00. The molecule has 0 aromatic carbocycles. The number of hydrogen-bond donors (Lipinski definition) is 3. The summed E-state index contributed by atoms with van der Waals surface area (Å²) >= 11 is 0. The first-order valence-electron chi connectivity index (χ1n) is 9.97. The largest absolute Gasteiger partial charge is 0.565 e. The number of unbranched alkanes of at least 4 members (excludes halogenated alkanes) is 10. The zero-order valence-electron chi connectivity index (χ0n) is 16.0. The highest BCUT2D eigenvalue weighted by molar-refractivity contribution is 5.78. The van der Waals surface area contributed by atoms with Crippen molar-refractivity contribution >= 4 is 12.0 Å². The van der Waals surface area contributed by atoms with Gasteiger partial charge in [0.25, 0.3) is 0 Å². The molecule has 0 radical (unpaired) electrons. The van der Waals surface area contributed by atoms with Gasteiger partial charge in [-0.15, -0.1) is 0 Å². The van der Waals surface area contributed by atoms with Gasteiger partial charge in [0.2, 0.25) is 12.0 Å². The first-order valence-corrected chi connectivity index (χ1v) is 9.97. The Hall–Kier alpha value is -1.30. The van der Waals surface area contributed by atoms with E-state index in [1.54, 1.807) is 0 Å². The molecule has 1 heterocycles. The number of carboxylic acid groups (broad SMARTS) is 2. The van der Waals surface area contributed by atoms with E-state index in [2.05, 4.69) is 16.8 Å². The number of nitrogens with one attached hydrogen (secondary N) is 1. The number of rotatable bonds is 14. The second-order valence-electron chi connectivity index (χ2n) is 6.64. The van der Waals surface area contributed by atoms with Gasteiger partial charge in [-0.2, -0.15) is 0 Å². The van der Waals surface area contributed by atoms with Gasteiger partial charge in [0.15, 0.2) is 0 Å². The van der Waals surface area contributed by atoms with Crippen LogP contribution in [0.2, 0.25) is 0 Å². The molecule has 0 saturated carbocycles.